The van der Waals surface area contributed by atoms with E-state index in [1.807, 2.05) is 0 Å². The van der Waals surface area contributed by atoms with E-state index in [0.29, 0.717) is 12.1 Å². The molecular weight excluding hydrogens is 404 g/mol. The molecular formula is C19H18O11. The van der Waals surface area contributed by atoms with Crippen molar-refractivity contribution in [1.82, 2.24) is 0 Å². The number of aromatic carboxylic acids is 1. The summed E-state index contributed by atoms with van der Waals surface area (Å²) in [6.07, 6.45) is -1.39. The Bertz CT molecular complexity index is 1030. The van der Waals surface area contributed by atoms with E-state index in [-0.39, 0.29) is 5.56 Å². The van der Waals surface area contributed by atoms with Gasteiger partial charge in [0.2, 0.25) is 5.78 Å². The lowest BCUT2D eigenvalue weighted by Crippen LogP contribution is -2.22. The summed E-state index contributed by atoms with van der Waals surface area (Å²) in [5, 5.41) is 67.4. The molecule has 0 spiro atoms. The van der Waals surface area contributed by atoms with Crippen LogP contribution in [0.3, 0.4) is 0 Å². The van der Waals surface area contributed by atoms with Gasteiger partial charge in [0.05, 0.1) is 17.7 Å². The number of phenolic OH excluding ortho intramolecular Hbond substituents is 4. The first-order chi connectivity index (χ1) is 14.0. The number of rotatable bonds is 7. The van der Waals surface area contributed by atoms with Gasteiger partial charge in [-0.25, -0.2) is 9.59 Å². The second kappa shape index (κ2) is 8.68. The van der Waals surface area contributed by atoms with E-state index in [1.54, 1.807) is 0 Å². The first kappa shape index (κ1) is 22.5. The summed E-state index contributed by atoms with van der Waals surface area (Å²) in [7, 11) is 0. The van der Waals surface area contributed by atoms with E-state index >= 15 is 0 Å². The molecule has 0 amide bonds. The number of aliphatic hydroxyl groups excluding tert-OH is 2. The molecule has 0 fully saturated rings. The van der Waals surface area contributed by atoms with Crippen molar-refractivity contribution in [2.75, 3.05) is 13.2 Å². The molecule has 11 nitrogen and oxygen atoms in total. The van der Waals surface area contributed by atoms with E-state index in [9.17, 15) is 45.0 Å². The van der Waals surface area contributed by atoms with Crippen molar-refractivity contribution < 1.29 is 54.9 Å². The molecule has 2 rings (SSSR count). The molecule has 0 bridgehead atoms. The number of hydrogen-bond acceptors (Lipinski definition) is 10. The summed E-state index contributed by atoms with van der Waals surface area (Å²) < 4.78 is 4.75. The highest BCUT2D eigenvalue weighted by Gasteiger charge is 2.31. The number of ether oxygens (including phenoxy) is 1. The fraction of sp³-hybridized carbons (Fsp3) is 0.211. The summed E-state index contributed by atoms with van der Waals surface area (Å²) in [6, 6.07) is 2.31. The van der Waals surface area contributed by atoms with E-state index in [1.165, 1.54) is 6.92 Å². The van der Waals surface area contributed by atoms with E-state index in [2.05, 4.69) is 0 Å². The van der Waals surface area contributed by atoms with Gasteiger partial charge in [-0.3, -0.25) is 4.79 Å². The van der Waals surface area contributed by atoms with Crippen LogP contribution < -0.4 is 0 Å². The zero-order valence-corrected chi connectivity index (χ0v) is 15.5. The Balaban J connectivity index is 2.63. The Labute approximate surface area is 168 Å². The maximum absolute atomic E-state index is 12.9. The highest BCUT2D eigenvalue weighted by molar-refractivity contribution is 6.19. The van der Waals surface area contributed by atoms with Crippen LogP contribution >= 0.6 is 0 Å². The molecule has 160 valence electrons. The van der Waals surface area contributed by atoms with Crippen LogP contribution in [0.2, 0.25) is 0 Å². The maximum atomic E-state index is 12.9. The second-order valence-corrected chi connectivity index (χ2v) is 6.27. The summed E-state index contributed by atoms with van der Waals surface area (Å²) in [5.74, 6) is -7.68. The number of phenols is 4. The Morgan fingerprint density at radius 2 is 1.57 bits per heavy atom. The van der Waals surface area contributed by atoms with Gasteiger partial charge < -0.3 is 40.5 Å². The van der Waals surface area contributed by atoms with Gasteiger partial charge in [-0.2, -0.15) is 0 Å². The lowest BCUT2D eigenvalue weighted by molar-refractivity contribution is 0.00906. The third-order valence-corrected chi connectivity index (χ3v) is 4.09. The largest absolute Gasteiger partial charge is 0.508 e. The van der Waals surface area contributed by atoms with Crippen LogP contribution in [0.4, 0.5) is 0 Å². The lowest BCUT2D eigenvalue weighted by atomic mass is 9.92. The fourth-order valence-corrected chi connectivity index (χ4v) is 2.71. The summed E-state index contributed by atoms with van der Waals surface area (Å²) >= 11 is 0. The van der Waals surface area contributed by atoms with Gasteiger partial charge in [-0.05, 0) is 24.6 Å². The molecule has 0 heterocycles. The minimum Gasteiger partial charge on any atom is -0.508 e. The van der Waals surface area contributed by atoms with Crippen LogP contribution in [0.25, 0.3) is 0 Å². The van der Waals surface area contributed by atoms with Crippen molar-refractivity contribution in [2.45, 2.75) is 13.0 Å². The number of esters is 1. The Morgan fingerprint density at radius 1 is 0.967 bits per heavy atom. The minimum atomic E-state index is -1.69. The Kier molecular flexibility index (Phi) is 6.49. The zero-order valence-electron chi connectivity index (χ0n) is 15.5. The van der Waals surface area contributed by atoms with Gasteiger partial charge in [-0.15, -0.1) is 0 Å². The highest BCUT2D eigenvalue weighted by Crippen LogP contribution is 2.38. The number of carboxylic acids is 1. The maximum Gasteiger partial charge on any atom is 0.342 e. The average molecular weight is 422 g/mol. The van der Waals surface area contributed by atoms with Crippen molar-refractivity contribution >= 4 is 17.7 Å². The number of hydrogen-bond donors (Lipinski definition) is 7. The van der Waals surface area contributed by atoms with Crippen molar-refractivity contribution in [3.63, 3.8) is 0 Å². The number of carbonyl (C=O) groups excluding carboxylic acids is 2. The van der Waals surface area contributed by atoms with Gasteiger partial charge in [0.15, 0.2) is 0 Å². The quantitative estimate of drug-likeness (QED) is 0.238. The molecule has 0 saturated carbocycles. The SMILES string of the molecule is Cc1cc(O)c(C(=O)c2c(O)cc(O)cc2C(=O)O)c(O)c1C(=O)OC[C@H](O)CO. The molecule has 2 aromatic rings. The van der Waals surface area contributed by atoms with Gasteiger partial charge in [-0.1, -0.05) is 0 Å². The molecule has 0 radical (unpaired) electrons. The fourth-order valence-electron chi connectivity index (χ4n) is 2.71. The molecule has 0 aromatic heterocycles. The summed E-state index contributed by atoms with van der Waals surface area (Å²) in [5.41, 5.74) is -3.12. The van der Waals surface area contributed by atoms with Gasteiger partial charge in [0.25, 0.3) is 0 Å². The number of carboxylic acid groups (broad SMARTS) is 1. The van der Waals surface area contributed by atoms with Crippen LogP contribution in [0.15, 0.2) is 18.2 Å². The molecule has 0 aliphatic rings. The van der Waals surface area contributed by atoms with Crippen LogP contribution in [-0.2, 0) is 4.74 Å². The molecule has 1 atom stereocenters. The molecule has 0 unspecified atom stereocenters. The minimum absolute atomic E-state index is 0.0153. The van der Waals surface area contributed by atoms with Crippen LogP contribution in [0.1, 0.15) is 42.2 Å². The zero-order chi connectivity index (χ0) is 22.7. The smallest absolute Gasteiger partial charge is 0.342 e. The van der Waals surface area contributed by atoms with Crippen LogP contribution in [-0.4, -0.2) is 72.8 Å². The van der Waals surface area contributed by atoms with Gasteiger partial charge >= 0.3 is 11.9 Å². The summed E-state index contributed by atoms with van der Waals surface area (Å²) in [4.78, 5) is 36.6. The molecule has 7 N–H and O–H groups in total. The van der Waals surface area contributed by atoms with E-state index in [4.69, 9.17) is 9.84 Å². The van der Waals surface area contributed by atoms with Crippen molar-refractivity contribution in [3.05, 3.63) is 46.0 Å². The first-order valence-corrected chi connectivity index (χ1v) is 8.35. The Hall–Kier alpha value is -3.83. The second-order valence-electron chi connectivity index (χ2n) is 6.27. The van der Waals surface area contributed by atoms with Gasteiger partial charge in [0, 0.05) is 6.07 Å². The molecule has 30 heavy (non-hydrogen) atoms. The number of carbonyl (C=O) groups is 3. The standard InChI is InChI=1S/C19H18O11/c1-7-2-11(23)15(16(25)13(7)19(29)30-6-9(22)5-20)17(26)14-10(18(27)28)3-8(21)4-12(14)24/h2-4,9,20-25H,5-6H2,1H3,(H,27,28)/t9-/m1/s1. The highest BCUT2D eigenvalue weighted by atomic mass is 16.5. The Morgan fingerprint density at radius 3 is 2.13 bits per heavy atom. The van der Waals surface area contributed by atoms with Crippen molar-refractivity contribution in [3.8, 4) is 23.0 Å². The van der Waals surface area contributed by atoms with E-state index in [0.717, 1.165) is 6.07 Å². The predicted octanol–water partition coefficient (Wildman–Crippen LogP) is 0.257. The first-order valence-electron chi connectivity index (χ1n) is 8.35. The third kappa shape index (κ3) is 4.26. The van der Waals surface area contributed by atoms with Crippen molar-refractivity contribution in [2.24, 2.45) is 0 Å². The monoisotopic (exact) mass is 422 g/mol. The number of aliphatic hydroxyl groups is 2. The van der Waals surface area contributed by atoms with Crippen LogP contribution in [0.5, 0.6) is 23.0 Å². The molecule has 0 aliphatic heterocycles. The predicted molar refractivity (Wildman–Crippen MR) is 98.0 cm³/mol. The lowest BCUT2D eigenvalue weighted by Gasteiger charge is -2.16. The topological polar surface area (TPSA) is 202 Å². The average Bonchev–Trinajstić information content (AvgIpc) is 2.64. The third-order valence-electron chi connectivity index (χ3n) is 4.09. The summed E-state index contributed by atoms with van der Waals surface area (Å²) in [6.45, 7) is -0.0244. The molecule has 11 heteroatoms. The van der Waals surface area contributed by atoms with E-state index < -0.39 is 82.3 Å². The van der Waals surface area contributed by atoms with Crippen LogP contribution in [0, 0.1) is 6.92 Å². The molecule has 0 aliphatic carbocycles. The number of benzene rings is 2. The van der Waals surface area contributed by atoms with Gasteiger partial charge in [0.1, 0.15) is 46.8 Å². The number of aryl methyl sites for hydroxylation is 1. The molecule has 2 aromatic carbocycles. The number of ketones is 1. The number of aromatic hydroxyl groups is 4. The van der Waals surface area contributed by atoms with Crippen molar-refractivity contribution in [1.29, 1.82) is 0 Å². The molecule has 0 saturated heterocycles. The normalized spacial score (nSPS) is 11.7.